The van der Waals surface area contributed by atoms with Gasteiger partial charge in [-0.2, -0.15) is 0 Å². The summed E-state index contributed by atoms with van der Waals surface area (Å²) in [5, 5.41) is 0. The van der Waals surface area contributed by atoms with Crippen LogP contribution in [0.1, 0.15) is 13.8 Å². The Morgan fingerprint density at radius 3 is 1.83 bits per heavy atom. The molecule has 3 N–H and O–H groups in total. The standard InChI is InChI=1S/C4H11NO.CH4O4S/c1-4(2)6-3-5;1-5-6(2,3)4/h4H,3,5H2,1-2H3;1H3,(H,2,3,4). The molecular formula is C5H15NO5S. The molecule has 6 nitrogen and oxygen atoms in total. The summed E-state index contributed by atoms with van der Waals surface area (Å²) >= 11 is 0. The van der Waals surface area contributed by atoms with E-state index in [4.69, 9.17) is 4.74 Å². The minimum absolute atomic E-state index is 0.336. The molecule has 76 valence electrons. The van der Waals surface area contributed by atoms with Crippen molar-refractivity contribution in [2.45, 2.75) is 20.0 Å². The predicted molar refractivity (Wildman–Crippen MR) is 40.7 cm³/mol. The number of quaternary nitrogens is 1. The molecule has 0 aromatic rings. The quantitative estimate of drug-likeness (QED) is 0.347. The minimum Gasteiger partial charge on any atom is -0.726 e. The molecule has 0 radical (unpaired) electrons. The molecule has 0 heterocycles. The smallest absolute Gasteiger partial charge is 0.217 e. The van der Waals surface area contributed by atoms with Crippen molar-refractivity contribution in [3.63, 3.8) is 0 Å². The van der Waals surface area contributed by atoms with Crippen LogP contribution in [0.25, 0.3) is 0 Å². The van der Waals surface area contributed by atoms with Crippen molar-refractivity contribution in [3.05, 3.63) is 0 Å². The van der Waals surface area contributed by atoms with Crippen LogP contribution in [0, 0.1) is 0 Å². The average Bonchev–Trinajstić information content (AvgIpc) is 1.87. The fourth-order valence-corrected chi connectivity index (χ4v) is 0.236. The second-order valence-electron chi connectivity index (χ2n) is 1.99. The van der Waals surface area contributed by atoms with Crippen LogP contribution in [0.5, 0.6) is 0 Å². The summed E-state index contributed by atoms with van der Waals surface area (Å²) < 4.78 is 36.0. The normalized spacial score (nSPS) is 10.8. The first-order valence-electron chi connectivity index (χ1n) is 3.25. The summed E-state index contributed by atoms with van der Waals surface area (Å²) in [6.07, 6.45) is 0.336. The van der Waals surface area contributed by atoms with Crippen LogP contribution in [0.15, 0.2) is 0 Å². The molecule has 0 atom stereocenters. The molecule has 0 aromatic heterocycles. The highest BCUT2D eigenvalue weighted by atomic mass is 32.3. The van der Waals surface area contributed by atoms with Gasteiger partial charge in [-0.25, -0.2) is 8.42 Å². The van der Waals surface area contributed by atoms with Gasteiger partial charge in [0.2, 0.25) is 10.4 Å². The molecule has 12 heavy (non-hydrogen) atoms. The lowest BCUT2D eigenvalue weighted by Crippen LogP contribution is -2.52. The van der Waals surface area contributed by atoms with Gasteiger partial charge in [-0.1, -0.05) is 0 Å². The summed E-state index contributed by atoms with van der Waals surface area (Å²) in [6, 6.07) is 0. The third-order valence-corrected chi connectivity index (χ3v) is 1.06. The lowest BCUT2D eigenvalue weighted by molar-refractivity contribution is -0.435. The summed E-state index contributed by atoms with van der Waals surface area (Å²) in [7, 11) is -3.60. The largest absolute Gasteiger partial charge is 0.726 e. The third kappa shape index (κ3) is 22.6. The number of hydrogen-bond acceptors (Lipinski definition) is 5. The molecule has 0 aliphatic carbocycles. The van der Waals surface area contributed by atoms with Crippen molar-refractivity contribution in [3.8, 4) is 0 Å². The number of ether oxygens (including phenoxy) is 1. The zero-order valence-corrected chi connectivity index (χ0v) is 8.26. The predicted octanol–water partition coefficient (Wildman–Crippen LogP) is -1.30. The summed E-state index contributed by atoms with van der Waals surface area (Å²) in [5.41, 5.74) is 3.50. The Hall–Kier alpha value is -0.210. The van der Waals surface area contributed by atoms with Crippen molar-refractivity contribution in [2.75, 3.05) is 13.8 Å². The molecule has 7 heteroatoms. The third-order valence-electron chi connectivity index (χ3n) is 0.655. The Kier molecular flexibility index (Phi) is 8.88. The van der Waals surface area contributed by atoms with Crippen molar-refractivity contribution in [1.29, 1.82) is 0 Å². The van der Waals surface area contributed by atoms with E-state index < -0.39 is 10.4 Å². The van der Waals surface area contributed by atoms with Gasteiger partial charge in [-0.15, -0.1) is 0 Å². The highest BCUT2D eigenvalue weighted by Crippen LogP contribution is 1.79. The van der Waals surface area contributed by atoms with E-state index in [1.165, 1.54) is 0 Å². The second-order valence-corrected chi connectivity index (χ2v) is 3.14. The first-order valence-corrected chi connectivity index (χ1v) is 4.59. The maximum atomic E-state index is 9.22. The van der Waals surface area contributed by atoms with Crippen LogP contribution in [-0.4, -0.2) is 32.9 Å². The highest BCUT2D eigenvalue weighted by Gasteiger charge is 1.85. The van der Waals surface area contributed by atoms with Crippen molar-refractivity contribution in [2.24, 2.45) is 0 Å². The van der Waals surface area contributed by atoms with E-state index in [-0.39, 0.29) is 0 Å². The first-order chi connectivity index (χ1) is 5.33. The van der Waals surface area contributed by atoms with E-state index in [1.807, 2.05) is 13.8 Å². The zero-order valence-electron chi connectivity index (χ0n) is 7.44. The van der Waals surface area contributed by atoms with E-state index in [1.54, 1.807) is 0 Å². The molecule has 0 bridgehead atoms. The van der Waals surface area contributed by atoms with Gasteiger partial charge in [-0.3, -0.25) is 4.18 Å². The maximum absolute atomic E-state index is 9.22. The zero-order chi connectivity index (χ0) is 10.2. The Morgan fingerprint density at radius 2 is 1.83 bits per heavy atom. The maximum Gasteiger partial charge on any atom is 0.217 e. The lowest BCUT2D eigenvalue weighted by Gasteiger charge is -1.98. The summed E-state index contributed by atoms with van der Waals surface area (Å²) in [6.45, 7) is 4.56. The van der Waals surface area contributed by atoms with Crippen LogP contribution in [-0.2, 0) is 19.3 Å². The molecule has 0 fully saturated rings. The van der Waals surface area contributed by atoms with Crippen LogP contribution in [0.2, 0.25) is 0 Å². The van der Waals surface area contributed by atoms with Crippen LogP contribution in [0.3, 0.4) is 0 Å². The molecule has 0 unspecified atom stereocenters. The first kappa shape index (κ1) is 14.3. The summed E-state index contributed by atoms with van der Waals surface area (Å²) in [5.74, 6) is 0. The van der Waals surface area contributed by atoms with Crippen LogP contribution >= 0.6 is 0 Å². The van der Waals surface area contributed by atoms with Crippen molar-refractivity contribution in [1.82, 2.24) is 0 Å². The molecule has 0 rings (SSSR count). The Bertz CT molecular complexity index is 176. The highest BCUT2D eigenvalue weighted by molar-refractivity contribution is 7.80. The van der Waals surface area contributed by atoms with Crippen molar-refractivity contribution >= 4 is 10.4 Å². The number of hydrogen-bond donors (Lipinski definition) is 1. The molecule has 0 saturated heterocycles. The van der Waals surface area contributed by atoms with Crippen LogP contribution in [0.4, 0.5) is 0 Å². The second kappa shape index (κ2) is 7.44. The van der Waals surface area contributed by atoms with Gasteiger partial charge >= 0.3 is 0 Å². The molecule has 0 aromatic carbocycles. The fraction of sp³-hybridized carbons (Fsp3) is 1.00. The Balaban J connectivity index is 0. The van der Waals surface area contributed by atoms with Gasteiger partial charge in [-0.05, 0) is 13.8 Å². The molecule has 0 saturated carbocycles. The minimum atomic E-state index is -4.41. The molecular weight excluding hydrogens is 186 g/mol. The van der Waals surface area contributed by atoms with E-state index in [9.17, 15) is 13.0 Å². The van der Waals surface area contributed by atoms with Gasteiger partial charge in [0.1, 0.15) is 0 Å². The Morgan fingerprint density at radius 1 is 1.50 bits per heavy atom. The SMILES string of the molecule is CC(C)OC[NH3+].COS(=O)(=O)[O-]. The average molecular weight is 201 g/mol. The Labute approximate surface area is 72.6 Å². The van der Waals surface area contributed by atoms with E-state index in [0.29, 0.717) is 12.8 Å². The molecule has 0 aliphatic rings. The fourth-order valence-electron chi connectivity index (χ4n) is 0.236. The van der Waals surface area contributed by atoms with E-state index >= 15 is 0 Å². The molecule has 0 aliphatic heterocycles. The van der Waals surface area contributed by atoms with Gasteiger partial charge in [0.05, 0.1) is 13.2 Å². The molecule has 0 amide bonds. The van der Waals surface area contributed by atoms with Crippen LogP contribution < -0.4 is 5.73 Å². The van der Waals surface area contributed by atoms with E-state index in [2.05, 4.69) is 9.92 Å². The van der Waals surface area contributed by atoms with Gasteiger partial charge < -0.3 is 15.0 Å². The topological polar surface area (TPSA) is 103 Å². The summed E-state index contributed by atoms with van der Waals surface area (Å²) in [4.78, 5) is 0. The van der Waals surface area contributed by atoms with Gasteiger partial charge in [0.25, 0.3) is 0 Å². The van der Waals surface area contributed by atoms with E-state index in [0.717, 1.165) is 7.11 Å². The number of rotatable bonds is 3. The lowest BCUT2D eigenvalue weighted by atomic mass is 10.5. The molecule has 0 spiro atoms. The van der Waals surface area contributed by atoms with Gasteiger partial charge in [0, 0.05) is 0 Å². The van der Waals surface area contributed by atoms with Crippen molar-refractivity contribution < 1.29 is 27.6 Å². The van der Waals surface area contributed by atoms with Gasteiger partial charge in [0.15, 0.2) is 6.73 Å². The monoisotopic (exact) mass is 201 g/mol.